The molecule has 0 N–H and O–H groups in total. The van der Waals surface area contributed by atoms with Gasteiger partial charge in [-0.15, -0.1) is 22.7 Å². The van der Waals surface area contributed by atoms with Gasteiger partial charge in [-0.05, 0) is 159 Å². The van der Waals surface area contributed by atoms with E-state index < -0.39 is 0 Å². The number of hydrogen-bond donors (Lipinski definition) is 0. The first-order chi connectivity index (χ1) is 31.2. The molecule has 0 fully saturated rings. The largest absolute Gasteiger partial charge is 0.468 e. The fourth-order valence-corrected chi connectivity index (χ4v) is 12.7. The second kappa shape index (κ2) is 14.3. The summed E-state index contributed by atoms with van der Waals surface area (Å²) in [4.78, 5) is 7.67. The Morgan fingerprint density at radius 1 is 0.508 bits per heavy atom. The SMILES string of the molecule is Cc1cc2c3c(c1)N(c1c(C)cc(C(C)(C)C)cc1C)c1c(oc4ccc(C(C)(C)C)cc14)B3c1ccc(-c3cc4ccccc4s3)cc1N2c1cccc(-c2cc3ccccc3s2)c1. The first kappa shape index (κ1) is 40.2. The Bertz CT molecular complexity index is 3500. The van der Waals surface area contributed by atoms with Crippen LogP contribution in [0.2, 0.25) is 0 Å². The third kappa shape index (κ3) is 6.36. The first-order valence-electron chi connectivity index (χ1n) is 22.8. The zero-order valence-electron chi connectivity index (χ0n) is 38.6. The number of benzene rings is 7. The van der Waals surface area contributed by atoms with E-state index in [-0.39, 0.29) is 17.5 Å². The number of thiophene rings is 2. The molecule has 0 saturated heterocycles. The lowest BCUT2D eigenvalue weighted by molar-refractivity contribution is 0.589. The molecular formula is C59H51BN2OS2. The van der Waals surface area contributed by atoms with Crippen LogP contribution >= 0.6 is 22.7 Å². The maximum Gasteiger partial charge on any atom is 0.297 e. The molecule has 0 unspecified atom stereocenters. The van der Waals surface area contributed by atoms with E-state index in [1.54, 1.807) is 0 Å². The van der Waals surface area contributed by atoms with Crippen molar-refractivity contribution in [2.75, 3.05) is 9.80 Å². The fraction of sp³-hybridized carbons (Fsp3) is 0.186. The summed E-state index contributed by atoms with van der Waals surface area (Å²) in [6, 6.07) is 55.1. The fourth-order valence-electron chi connectivity index (χ4n) is 10.5. The summed E-state index contributed by atoms with van der Waals surface area (Å²) >= 11 is 3.72. The predicted molar refractivity (Wildman–Crippen MR) is 283 cm³/mol. The van der Waals surface area contributed by atoms with Gasteiger partial charge >= 0.3 is 0 Å². The summed E-state index contributed by atoms with van der Waals surface area (Å²) < 4.78 is 9.95. The molecule has 0 atom stereocenters. The van der Waals surface area contributed by atoms with Gasteiger partial charge in [0.05, 0.1) is 17.0 Å². The number of furan rings is 1. The number of fused-ring (bicyclic) bond motifs is 8. The zero-order chi connectivity index (χ0) is 44.7. The van der Waals surface area contributed by atoms with Gasteiger partial charge in [-0.2, -0.15) is 0 Å². The zero-order valence-corrected chi connectivity index (χ0v) is 40.2. The molecule has 0 amide bonds. The lowest BCUT2D eigenvalue weighted by Crippen LogP contribution is -2.61. The van der Waals surface area contributed by atoms with E-state index in [1.807, 2.05) is 22.7 Å². The third-order valence-corrected chi connectivity index (χ3v) is 16.1. The minimum Gasteiger partial charge on any atom is -0.468 e. The molecule has 0 saturated carbocycles. The van der Waals surface area contributed by atoms with Crippen molar-refractivity contribution in [1.82, 2.24) is 0 Å². The minimum absolute atomic E-state index is 0.0158. The van der Waals surface area contributed by atoms with Gasteiger partial charge in [0.25, 0.3) is 6.71 Å². The highest BCUT2D eigenvalue weighted by atomic mass is 32.1. The normalized spacial score (nSPS) is 13.5. The van der Waals surface area contributed by atoms with Gasteiger partial charge in [0.15, 0.2) is 0 Å². The molecule has 3 nitrogen and oxygen atoms in total. The number of rotatable bonds is 4. The van der Waals surface area contributed by atoms with Crippen LogP contribution in [0.4, 0.5) is 34.1 Å². The van der Waals surface area contributed by atoms with Gasteiger partial charge in [-0.3, -0.25) is 0 Å². The Morgan fingerprint density at radius 3 is 1.75 bits per heavy atom. The lowest BCUT2D eigenvalue weighted by atomic mass is 9.35. The van der Waals surface area contributed by atoms with Crippen molar-refractivity contribution in [3.05, 3.63) is 173 Å². The molecule has 0 aliphatic carbocycles. The molecule has 3 aromatic heterocycles. The lowest BCUT2D eigenvalue weighted by Gasteiger charge is -2.43. The van der Waals surface area contributed by atoms with Crippen molar-refractivity contribution in [1.29, 1.82) is 0 Å². The highest BCUT2D eigenvalue weighted by molar-refractivity contribution is 7.22. The molecule has 2 aliphatic rings. The smallest absolute Gasteiger partial charge is 0.297 e. The van der Waals surface area contributed by atoms with Crippen molar-refractivity contribution >= 4 is 111 Å². The summed E-state index contributed by atoms with van der Waals surface area (Å²) in [5, 5.41) is 3.71. The molecule has 65 heavy (non-hydrogen) atoms. The van der Waals surface area contributed by atoms with E-state index in [0.717, 1.165) is 28.0 Å². The van der Waals surface area contributed by atoms with Crippen LogP contribution in [0.3, 0.4) is 0 Å². The predicted octanol–water partition coefficient (Wildman–Crippen LogP) is 15.8. The molecule has 6 heteroatoms. The average Bonchev–Trinajstić information content (AvgIpc) is 4.01. The first-order valence-corrected chi connectivity index (χ1v) is 24.5. The minimum atomic E-state index is -0.139. The van der Waals surface area contributed by atoms with E-state index in [2.05, 4.69) is 218 Å². The highest BCUT2D eigenvalue weighted by Crippen LogP contribution is 2.50. The monoisotopic (exact) mass is 878 g/mol. The Balaban J connectivity index is 1.16. The molecule has 10 aromatic rings. The molecule has 0 spiro atoms. The standard InChI is InChI=1S/C59H51BN2OS2/c1-34-25-47-54-48(26-34)62(55-35(2)27-42(28-36(55)3)59(7,8)9)56-44-33-41(58(4,5)6)22-24-49(44)63-57(56)60(54)45-23-21-40(53-32-39-16-11-13-20-51(39)65-53)30-46(45)61(47)43-18-14-17-37(29-43)52-31-38-15-10-12-19-50(38)64-52/h10-33H,1-9H3. The average molecular weight is 879 g/mol. The van der Waals surface area contributed by atoms with Crippen molar-refractivity contribution in [2.45, 2.75) is 73.1 Å². The van der Waals surface area contributed by atoms with E-state index in [0.29, 0.717) is 0 Å². The van der Waals surface area contributed by atoms with Crippen LogP contribution in [-0.2, 0) is 10.8 Å². The molecule has 0 bridgehead atoms. The third-order valence-electron chi connectivity index (χ3n) is 13.8. The van der Waals surface area contributed by atoms with Crippen LogP contribution in [0.5, 0.6) is 0 Å². The number of aryl methyl sites for hydroxylation is 3. The highest BCUT2D eigenvalue weighted by Gasteiger charge is 2.47. The van der Waals surface area contributed by atoms with Crippen LogP contribution in [0, 0.1) is 20.8 Å². The summed E-state index contributed by atoms with van der Waals surface area (Å²) in [6.45, 7) is 20.6. The van der Waals surface area contributed by atoms with Gasteiger partial charge in [-0.1, -0.05) is 120 Å². The van der Waals surface area contributed by atoms with Gasteiger partial charge in [0.2, 0.25) is 0 Å². The van der Waals surface area contributed by atoms with Crippen molar-refractivity contribution in [3.8, 4) is 20.9 Å². The Hall–Kier alpha value is -6.34. The summed E-state index contributed by atoms with van der Waals surface area (Å²) in [5.41, 5.74) is 20.3. The molecule has 318 valence electrons. The molecule has 0 radical (unpaired) electrons. The van der Waals surface area contributed by atoms with Crippen LogP contribution < -0.4 is 26.4 Å². The van der Waals surface area contributed by atoms with Crippen molar-refractivity contribution in [2.24, 2.45) is 0 Å². The molecule has 2 aliphatic heterocycles. The summed E-state index contributed by atoms with van der Waals surface area (Å²) in [5.74, 6) is 0. The molecule has 12 rings (SSSR count). The van der Waals surface area contributed by atoms with E-state index in [4.69, 9.17) is 4.42 Å². The number of nitrogens with zero attached hydrogens (tertiary/aromatic N) is 2. The van der Waals surface area contributed by atoms with Crippen molar-refractivity contribution in [3.63, 3.8) is 0 Å². The van der Waals surface area contributed by atoms with Crippen LogP contribution in [0.25, 0.3) is 52.0 Å². The van der Waals surface area contributed by atoms with Gasteiger partial charge < -0.3 is 14.2 Å². The van der Waals surface area contributed by atoms with Gasteiger partial charge in [-0.25, -0.2) is 0 Å². The quantitative estimate of drug-likeness (QED) is 0.164. The van der Waals surface area contributed by atoms with Crippen LogP contribution in [-0.4, -0.2) is 6.71 Å². The van der Waals surface area contributed by atoms with E-state index in [1.165, 1.54) is 103 Å². The van der Waals surface area contributed by atoms with Crippen molar-refractivity contribution < 1.29 is 4.42 Å². The second-order valence-electron chi connectivity index (χ2n) is 20.4. The number of hydrogen-bond acceptors (Lipinski definition) is 5. The van der Waals surface area contributed by atoms with Crippen LogP contribution in [0.1, 0.15) is 69.4 Å². The topological polar surface area (TPSA) is 19.6 Å². The maximum atomic E-state index is 7.35. The van der Waals surface area contributed by atoms with E-state index >= 15 is 0 Å². The Labute approximate surface area is 390 Å². The number of anilines is 6. The Morgan fingerprint density at radius 2 is 1.12 bits per heavy atom. The second-order valence-corrected chi connectivity index (χ2v) is 22.6. The molecule has 5 heterocycles. The molecule has 7 aromatic carbocycles. The summed E-state index contributed by atoms with van der Waals surface area (Å²) in [7, 11) is 0. The van der Waals surface area contributed by atoms with E-state index in [9.17, 15) is 0 Å². The van der Waals surface area contributed by atoms with Gasteiger partial charge in [0.1, 0.15) is 5.58 Å². The Kier molecular flexibility index (Phi) is 8.86. The molecular weight excluding hydrogens is 828 g/mol. The maximum absolute atomic E-state index is 7.35. The van der Waals surface area contributed by atoms with Crippen LogP contribution in [0.15, 0.2) is 150 Å². The summed E-state index contributed by atoms with van der Waals surface area (Å²) in [6.07, 6.45) is 0. The van der Waals surface area contributed by atoms with Gasteiger partial charge in [0, 0.05) is 47.3 Å².